The van der Waals surface area contributed by atoms with Gasteiger partial charge in [0.05, 0.1) is 11.2 Å². The average Bonchev–Trinajstić information content (AvgIpc) is 3.23. The van der Waals surface area contributed by atoms with E-state index >= 15 is 0 Å². The number of hydrogen-bond acceptors (Lipinski definition) is 4. The second kappa shape index (κ2) is 7.61. The minimum absolute atomic E-state index is 0.0941. The first-order valence-corrected chi connectivity index (χ1v) is 9.90. The lowest BCUT2D eigenvalue weighted by Gasteiger charge is -2.26. The third kappa shape index (κ3) is 3.58. The van der Waals surface area contributed by atoms with Gasteiger partial charge in [-0.25, -0.2) is 4.79 Å². The molecule has 28 heavy (non-hydrogen) atoms. The normalized spacial score (nSPS) is 16.4. The first-order chi connectivity index (χ1) is 13.5. The summed E-state index contributed by atoms with van der Waals surface area (Å²) >= 11 is 0. The number of carbonyl (C=O) groups excluding carboxylic acids is 1. The third-order valence-electron chi connectivity index (χ3n) is 5.31. The lowest BCUT2D eigenvalue weighted by Crippen LogP contribution is -2.46. The minimum Gasteiger partial charge on any atom is -0.338 e. The van der Waals surface area contributed by atoms with Gasteiger partial charge in [-0.05, 0) is 12.5 Å². The van der Waals surface area contributed by atoms with E-state index in [0.717, 1.165) is 47.6 Å². The summed E-state index contributed by atoms with van der Waals surface area (Å²) in [5, 5.41) is 20.3. The van der Waals surface area contributed by atoms with Crippen molar-refractivity contribution in [2.75, 3.05) is 6.54 Å². The summed E-state index contributed by atoms with van der Waals surface area (Å²) in [5.41, 5.74) is 2.11. The van der Waals surface area contributed by atoms with Gasteiger partial charge in [-0.3, -0.25) is 4.68 Å². The molecule has 1 aromatic carbocycles. The lowest BCUT2D eigenvalue weighted by molar-refractivity contribution is 0.232. The Morgan fingerprint density at radius 2 is 2.11 bits per heavy atom. The average molecular weight is 381 g/mol. The van der Waals surface area contributed by atoms with E-state index in [1.165, 1.54) is 0 Å². The van der Waals surface area contributed by atoms with Crippen molar-refractivity contribution in [1.29, 1.82) is 0 Å². The largest absolute Gasteiger partial charge is 0.338 e. The summed E-state index contributed by atoms with van der Waals surface area (Å²) in [6.45, 7) is 5.51. The number of hydrogen-bond donors (Lipinski definition) is 2. The van der Waals surface area contributed by atoms with Crippen molar-refractivity contribution in [3.05, 3.63) is 41.6 Å². The SMILES string of the molecule is CC(C)c1nnc2n1CC(NC(=O)NCCc1nn(C)c3ccccc13)CC2. The molecule has 3 heterocycles. The Bertz CT molecular complexity index is 988. The molecule has 2 amide bonds. The van der Waals surface area contributed by atoms with Gasteiger partial charge < -0.3 is 15.2 Å². The van der Waals surface area contributed by atoms with E-state index in [0.29, 0.717) is 18.9 Å². The number of rotatable bonds is 5. The molecule has 0 fully saturated rings. The van der Waals surface area contributed by atoms with Gasteiger partial charge in [0.15, 0.2) is 0 Å². The third-order valence-corrected chi connectivity index (χ3v) is 5.31. The van der Waals surface area contributed by atoms with E-state index < -0.39 is 0 Å². The lowest BCUT2D eigenvalue weighted by atomic mass is 10.1. The summed E-state index contributed by atoms with van der Waals surface area (Å²) in [7, 11) is 1.94. The highest BCUT2D eigenvalue weighted by molar-refractivity contribution is 5.82. The molecule has 8 heteroatoms. The van der Waals surface area contributed by atoms with Crippen molar-refractivity contribution in [3.63, 3.8) is 0 Å². The van der Waals surface area contributed by atoms with Gasteiger partial charge in [-0.15, -0.1) is 10.2 Å². The van der Waals surface area contributed by atoms with Gasteiger partial charge in [0.2, 0.25) is 0 Å². The van der Waals surface area contributed by atoms with E-state index in [4.69, 9.17) is 0 Å². The molecule has 2 N–H and O–H groups in total. The number of benzene rings is 1. The molecule has 4 rings (SSSR count). The van der Waals surface area contributed by atoms with Crippen molar-refractivity contribution in [3.8, 4) is 0 Å². The number of aryl methyl sites for hydroxylation is 2. The van der Waals surface area contributed by atoms with Crippen LogP contribution in [0.1, 0.15) is 43.5 Å². The molecule has 0 bridgehead atoms. The predicted octanol–water partition coefficient (Wildman–Crippen LogP) is 2.14. The molecule has 0 spiro atoms. The van der Waals surface area contributed by atoms with Crippen molar-refractivity contribution >= 4 is 16.9 Å². The van der Waals surface area contributed by atoms with Crippen LogP contribution in [0.15, 0.2) is 24.3 Å². The maximum atomic E-state index is 12.4. The molecule has 1 atom stereocenters. The molecular weight excluding hydrogens is 354 g/mol. The highest BCUT2D eigenvalue weighted by Gasteiger charge is 2.24. The molecule has 0 saturated carbocycles. The van der Waals surface area contributed by atoms with Crippen LogP contribution in [0, 0.1) is 0 Å². The summed E-state index contributed by atoms with van der Waals surface area (Å²) < 4.78 is 4.04. The first kappa shape index (κ1) is 18.5. The number of amides is 2. The van der Waals surface area contributed by atoms with Crippen LogP contribution in [0.3, 0.4) is 0 Å². The summed E-state index contributed by atoms with van der Waals surface area (Å²) in [5.74, 6) is 2.33. The van der Waals surface area contributed by atoms with Crippen LogP contribution in [-0.2, 0) is 26.4 Å². The second-order valence-electron chi connectivity index (χ2n) is 7.71. The monoisotopic (exact) mass is 381 g/mol. The smallest absolute Gasteiger partial charge is 0.315 e. The van der Waals surface area contributed by atoms with Crippen LogP contribution in [0.5, 0.6) is 0 Å². The maximum absolute atomic E-state index is 12.4. The van der Waals surface area contributed by atoms with E-state index in [2.05, 4.69) is 56.5 Å². The fraction of sp³-hybridized carbons (Fsp3) is 0.500. The molecule has 1 aliphatic heterocycles. The van der Waals surface area contributed by atoms with Gasteiger partial charge in [-0.1, -0.05) is 32.0 Å². The topological polar surface area (TPSA) is 89.7 Å². The molecule has 148 valence electrons. The predicted molar refractivity (Wildman–Crippen MR) is 107 cm³/mol. The second-order valence-corrected chi connectivity index (χ2v) is 7.71. The number of aromatic nitrogens is 5. The van der Waals surface area contributed by atoms with Crippen LogP contribution in [0.2, 0.25) is 0 Å². The molecule has 1 aliphatic rings. The van der Waals surface area contributed by atoms with Crippen molar-refractivity contribution < 1.29 is 4.79 Å². The molecule has 0 aliphatic carbocycles. The van der Waals surface area contributed by atoms with E-state index in [1.807, 2.05) is 23.9 Å². The molecule has 0 saturated heterocycles. The molecule has 1 unspecified atom stereocenters. The van der Waals surface area contributed by atoms with Crippen LogP contribution in [0.25, 0.3) is 10.9 Å². The molecule has 3 aromatic rings. The Balaban J connectivity index is 1.31. The Morgan fingerprint density at radius 1 is 1.29 bits per heavy atom. The van der Waals surface area contributed by atoms with Crippen LogP contribution < -0.4 is 10.6 Å². The number of nitrogens with one attached hydrogen (secondary N) is 2. The number of para-hydroxylation sites is 1. The van der Waals surface area contributed by atoms with Gasteiger partial charge in [0.1, 0.15) is 11.6 Å². The van der Waals surface area contributed by atoms with E-state index in [-0.39, 0.29) is 12.1 Å². The van der Waals surface area contributed by atoms with E-state index in [1.54, 1.807) is 0 Å². The summed E-state index contributed by atoms with van der Waals surface area (Å²) in [6, 6.07) is 8.11. The van der Waals surface area contributed by atoms with Crippen LogP contribution in [0.4, 0.5) is 4.79 Å². The zero-order valence-corrected chi connectivity index (χ0v) is 16.6. The number of urea groups is 1. The van der Waals surface area contributed by atoms with Gasteiger partial charge in [0, 0.05) is 50.3 Å². The van der Waals surface area contributed by atoms with Crippen molar-refractivity contribution in [2.45, 2.75) is 51.6 Å². The molecule has 8 nitrogen and oxygen atoms in total. The number of carbonyl (C=O) groups is 1. The highest BCUT2D eigenvalue weighted by atomic mass is 16.2. The standard InChI is InChI=1S/C20H27N7O/c1-13(2)19-24-23-18-9-8-14(12-27(18)19)22-20(28)21-11-10-16-15-6-4-5-7-17(15)26(3)25-16/h4-7,13-14H,8-12H2,1-3H3,(H2,21,22,28). The Kier molecular flexibility index (Phi) is 5.02. The first-order valence-electron chi connectivity index (χ1n) is 9.90. The molecule has 0 radical (unpaired) electrons. The minimum atomic E-state index is -0.132. The zero-order valence-electron chi connectivity index (χ0n) is 16.6. The fourth-order valence-corrected chi connectivity index (χ4v) is 3.90. The quantitative estimate of drug-likeness (QED) is 0.709. The highest BCUT2D eigenvalue weighted by Crippen LogP contribution is 2.20. The Hall–Kier alpha value is -2.90. The molecule has 2 aromatic heterocycles. The van der Waals surface area contributed by atoms with Crippen molar-refractivity contribution in [2.24, 2.45) is 7.05 Å². The summed E-state index contributed by atoms with van der Waals surface area (Å²) in [6.07, 6.45) is 2.42. The zero-order chi connectivity index (χ0) is 19.7. The fourth-order valence-electron chi connectivity index (χ4n) is 3.90. The van der Waals surface area contributed by atoms with Gasteiger partial charge in [0.25, 0.3) is 0 Å². The van der Waals surface area contributed by atoms with Crippen molar-refractivity contribution in [1.82, 2.24) is 35.2 Å². The number of nitrogens with zero attached hydrogens (tertiary/aromatic N) is 5. The Labute approximate surface area is 164 Å². The number of fused-ring (bicyclic) bond motifs is 2. The maximum Gasteiger partial charge on any atom is 0.315 e. The molecular formula is C20H27N7O. The Morgan fingerprint density at radius 3 is 2.93 bits per heavy atom. The summed E-state index contributed by atoms with van der Waals surface area (Å²) in [4.78, 5) is 12.4. The van der Waals surface area contributed by atoms with Crippen LogP contribution in [-0.4, -0.2) is 43.2 Å². The van der Waals surface area contributed by atoms with Gasteiger partial charge >= 0.3 is 6.03 Å². The van der Waals surface area contributed by atoms with Gasteiger partial charge in [-0.2, -0.15) is 5.10 Å². The van der Waals surface area contributed by atoms with E-state index in [9.17, 15) is 4.79 Å². The van der Waals surface area contributed by atoms with Crippen LogP contribution >= 0.6 is 0 Å².